The zero-order valence-electron chi connectivity index (χ0n) is 12.0. The fourth-order valence-electron chi connectivity index (χ4n) is 2.84. The van der Waals surface area contributed by atoms with Gasteiger partial charge >= 0.3 is 0 Å². The Morgan fingerprint density at radius 2 is 1.90 bits per heavy atom. The summed E-state index contributed by atoms with van der Waals surface area (Å²) >= 11 is 0. The average Bonchev–Trinajstić information content (AvgIpc) is 2.72. The van der Waals surface area contributed by atoms with Crippen LogP contribution in [0.2, 0.25) is 0 Å². The van der Waals surface area contributed by atoms with E-state index in [0.29, 0.717) is 0 Å². The van der Waals surface area contributed by atoms with Gasteiger partial charge in [-0.05, 0) is 43.7 Å². The fraction of sp³-hybridized carbons (Fsp3) is 0.412. The molecule has 20 heavy (non-hydrogen) atoms. The van der Waals surface area contributed by atoms with Crippen molar-refractivity contribution in [2.24, 2.45) is 0 Å². The van der Waals surface area contributed by atoms with E-state index >= 15 is 0 Å². The van der Waals surface area contributed by atoms with Crippen LogP contribution in [-0.4, -0.2) is 9.97 Å². The average molecular weight is 267 g/mol. The molecule has 1 aromatic heterocycles. The number of hydrogen-bond acceptors (Lipinski definition) is 3. The molecule has 2 aromatic rings. The second kappa shape index (κ2) is 6.04. The zero-order chi connectivity index (χ0) is 13.8. The van der Waals surface area contributed by atoms with Gasteiger partial charge in [0.25, 0.3) is 0 Å². The van der Waals surface area contributed by atoms with E-state index < -0.39 is 0 Å². The maximum Gasteiger partial charge on any atom is 0.133 e. The summed E-state index contributed by atoms with van der Waals surface area (Å²) in [6, 6.07) is 8.49. The van der Waals surface area contributed by atoms with Gasteiger partial charge in [-0.15, -0.1) is 0 Å². The quantitative estimate of drug-likeness (QED) is 0.862. The number of nitrogens with zero attached hydrogens (tertiary/aromatic N) is 2. The molecule has 1 aromatic carbocycles. The molecule has 0 atom stereocenters. The Morgan fingerprint density at radius 1 is 1.05 bits per heavy atom. The van der Waals surface area contributed by atoms with Gasteiger partial charge in [-0.3, -0.25) is 0 Å². The number of fused-ring (bicyclic) bond motifs is 1. The molecule has 104 valence electrons. The van der Waals surface area contributed by atoms with E-state index in [4.69, 9.17) is 0 Å². The molecule has 0 saturated heterocycles. The lowest BCUT2D eigenvalue weighted by atomic mass is 10.1. The summed E-state index contributed by atoms with van der Waals surface area (Å²) < 4.78 is 0. The number of rotatable bonds is 3. The third-order valence-corrected chi connectivity index (χ3v) is 4.08. The third-order valence-electron chi connectivity index (χ3n) is 4.08. The molecular formula is C17H21N3. The number of nitrogens with one attached hydrogen (secondary N) is 1. The first kappa shape index (κ1) is 13.1. The van der Waals surface area contributed by atoms with E-state index in [1.165, 1.54) is 41.6 Å². The van der Waals surface area contributed by atoms with Gasteiger partial charge in [-0.2, -0.15) is 0 Å². The molecule has 0 bridgehead atoms. The van der Waals surface area contributed by atoms with Crippen LogP contribution in [0.25, 0.3) is 0 Å². The van der Waals surface area contributed by atoms with Crippen LogP contribution in [-0.2, 0) is 19.4 Å². The first-order valence-corrected chi connectivity index (χ1v) is 7.46. The third kappa shape index (κ3) is 2.82. The molecule has 0 aliphatic heterocycles. The van der Waals surface area contributed by atoms with Crippen LogP contribution in [0.5, 0.6) is 0 Å². The minimum absolute atomic E-state index is 0.829. The van der Waals surface area contributed by atoms with Gasteiger partial charge in [0.2, 0.25) is 0 Å². The summed E-state index contributed by atoms with van der Waals surface area (Å²) in [7, 11) is 0. The van der Waals surface area contributed by atoms with Gasteiger partial charge in [0.15, 0.2) is 0 Å². The van der Waals surface area contributed by atoms with E-state index in [9.17, 15) is 0 Å². The Bertz CT molecular complexity index is 593. The lowest BCUT2D eigenvalue weighted by Crippen LogP contribution is -2.08. The van der Waals surface area contributed by atoms with Crippen LogP contribution in [0.15, 0.2) is 30.6 Å². The normalized spacial score (nSPS) is 14.4. The monoisotopic (exact) mass is 267 g/mol. The minimum Gasteiger partial charge on any atom is -0.366 e. The Labute approximate surface area is 120 Å². The summed E-state index contributed by atoms with van der Waals surface area (Å²) in [5.41, 5.74) is 5.22. The van der Waals surface area contributed by atoms with Crippen molar-refractivity contribution in [2.75, 3.05) is 5.32 Å². The molecule has 3 rings (SSSR count). The molecule has 0 saturated carbocycles. The lowest BCUT2D eigenvalue weighted by Gasteiger charge is -2.13. The summed E-state index contributed by atoms with van der Waals surface area (Å²) in [5.74, 6) is 1.03. The molecule has 0 spiro atoms. The van der Waals surface area contributed by atoms with Crippen LogP contribution in [0.3, 0.4) is 0 Å². The first-order chi connectivity index (χ1) is 9.84. The number of aryl methyl sites for hydroxylation is 2. The van der Waals surface area contributed by atoms with E-state index in [2.05, 4.69) is 46.5 Å². The Hall–Kier alpha value is -1.90. The molecule has 1 heterocycles. The second-order valence-electron chi connectivity index (χ2n) is 5.49. The van der Waals surface area contributed by atoms with Crippen molar-refractivity contribution in [1.82, 2.24) is 9.97 Å². The van der Waals surface area contributed by atoms with Crippen molar-refractivity contribution >= 4 is 5.82 Å². The summed E-state index contributed by atoms with van der Waals surface area (Å²) in [6.07, 6.45) is 7.70. The summed E-state index contributed by atoms with van der Waals surface area (Å²) in [4.78, 5) is 8.92. The first-order valence-electron chi connectivity index (χ1n) is 7.46. The van der Waals surface area contributed by atoms with Crippen molar-refractivity contribution < 1.29 is 0 Å². The second-order valence-corrected chi connectivity index (χ2v) is 5.49. The predicted octanol–water partition coefficient (Wildman–Crippen LogP) is 3.67. The number of benzene rings is 1. The maximum atomic E-state index is 4.46. The van der Waals surface area contributed by atoms with Gasteiger partial charge in [0.05, 0.1) is 0 Å². The largest absolute Gasteiger partial charge is 0.366 e. The fourth-order valence-corrected chi connectivity index (χ4v) is 2.84. The summed E-state index contributed by atoms with van der Waals surface area (Å²) in [5, 5.41) is 3.51. The topological polar surface area (TPSA) is 37.8 Å². The van der Waals surface area contributed by atoms with Crippen LogP contribution in [0.1, 0.15) is 41.6 Å². The van der Waals surface area contributed by atoms with Crippen molar-refractivity contribution in [1.29, 1.82) is 0 Å². The molecule has 0 fully saturated rings. The van der Waals surface area contributed by atoms with Gasteiger partial charge in [0, 0.05) is 17.8 Å². The highest BCUT2D eigenvalue weighted by molar-refractivity contribution is 5.47. The molecule has 1 aliphatic carbocycles. The van der Waals surface area contributed by atoms with E-state index in [1.54, 1.807) is 6.33 Å². The minimum atomic E-state index is 0.829. The van der Waals surface area contributed by atoms with Gasteiger partial charge in [0.1, 0.15) is 12.1 Å². The van der Waals surface area contributed by atoms with Gasteiger partial charge in [-0.1, -0.05) is 30.7 Å². The van der Waals surface area contributed by atoms with Crippen molar-refractivity contribution in [2.45, 2.75) is 45.6 Å². The Morgan fingerprint density at radius 3 is 2.80 bits per heavy atom. The van der Waals surface area contributed by atoms with Crippen molar-refractivity contribution in [3.05, 3.63) is 53.0 Å². The lowest BCUT2D eigenvalue weighted by molar-refractivity contribution is 0.708. The predicted molar refractivity (Wildman–Crippen MR) is 81.8 cm³/mol. The SMILES string of the molecule is Cc1ccccc1CNc1ncnc2c1CCCCC2. The highest BCUT2D eigenvalue weighted by Crippen LogP contribution is 2.24. The smallest absolute Gasteiger partial charge is 0.133 e. The Balaban J connectivity index is 1.80. The van der Waals surface area contributed by atoms with E-state index in [1.807, 2.05) is 0 Å². The van der Waals surface area contributed by atoms with Crippen molar-refractivity contribution in [3.63, 3.8) is 0 Å². The van der Waals surface area contributed by atoms with Crippen LogP contribution in [0, 0.1) is 6.92 Å². The number of anilines is 1. The molecule has 0 unspecified atom stereocenters. The summed E-state index contributed by atoms with van der Waals surface area (Å²) in [6.45, 7) is 2.98. The highest BCUT2D eigenvalue weighted by atomic mass is 15.0. The number of hydrogen-bond donors (Lipinski definition) is 1. The van der Waals surface area contributed by atoms with E-state index in [0.717, 1.165) is 25.2 Å². The molecule has 1 N–H and O–H groups in total. The zero-order valence-corrected chi connectivity index (χ0v) is 12.0. The molecule has 1 aliphatic rings. The van der Waals surface area contributed by atoms with Crippen LogP contribution < -0.4 is 5.32 Å². The number of aromatic nitrogens is 2. The standard InChI is InChI=1S/C17H21N3/c1-13-7-5-6-8-14(13)11-18-17-15-9-3-2-4-10-16(15)19-12-20-17/h5-8,12H,2-4,9-11H2,1H3,(H,18,19,20). The molecule has 3 nitrogen and oxygen atoms in total. The van der Waals surface area contributed by atoms with Crippen LogP contribution in [0.4, 0.5) is 5.82 Å². The highest BCUT2D eigenvalue weighted by Gasteiger charge is 2.14. The van der Waals surface area contributed by atoms with Crippen LogP contribution >= 0.6 is 0 Å². The maximum absolute atomic E-state index is 4.46. The Kier molecular flexibility index (Phi) is 3.95. The van der Waals surface area contributed by atoms with Gasteiger partial charge < -0.3 is 5.32 Å². The molecule has 3 heteroatoms. The van der Waals surface area contributed by atoms with Gasteiger partial charge in [-0.25, -0.2) is 9.97 Å². The van der Waals surface area contributed by atoms with E-state index in [-0.39, 0.29) is 0 Å². The molecule has 0 radical (unpaired) electrons. The van der Waals surface area contributed by atoms with Crippen molar-refractivity contribution in [3.8, 4) is 0 Å². The molecular weight excluding hydrogens is 246 g/mol. The molecule has 0 amide bonds.